The van der Waals surface area contributed by atoms with Crippen molar-refractivity contribution in [3.63, 3.8) is 0 Å². The first-order valence-electron chi connectivity index (χ1n) is 6.26. The number of benzene rings is 1. The predicted octanol–water partition coefficient (Wildman–Crippen LogP) is 3.59. The SMILES string of the molecule is CC(CCNCc1ccc(OC(F)(F)F)c(Br)c1)S(C)=O. The van der Waals surface area contributed by atoms with Crippen LogP contribution in [0.15, 0.2) is 22.7 Å². The maximum atomic E-state index is 12.1. The highest BCUT2D eigenvalue weighted by molar-refractivity contribution is 9.10. The van der Waals surface area contributed by atoms with Crippen LogP contribution in [-0.2, 0) is 17.3 Å². The zero-order valence-corrected chi connectivity index (χ0v) is 14.1. The van der Waals surface area contributed by atoms with Gasteiger partial charge in [0.25, 0.3) is 0 Å². The number of hydrogen-bond acceptors (Lipinski definition) is 3. The van der Waals surface area contributed by atoms with Crippen LogP contribution in [0.2, 0.25) is 0 Å². The first-order valence-corrected chi connectivity index (χ1v) is 8.67. The topological polar surface area (TPSA) is 38.3 Å². The largest absolute Gasteiger partial charge is 0.573 e. The van der Waals surface area contributed by atoms with Gasteiger partial charge in [-0.25, -0.2) is 0 Å². The molecule has 1 N–H and O–H groups in total. The minimum Gasteiger partial charge on any atom is -0.405 e. The van der Waals surface area contributed by atoms with Crippen molar-refractivity contribution in [2.75, 3.05) is 12.8 Å². The van der Waals surface area contributed by atoms with Crippen molar-refractivity contribution in [3.05, 3.63) is 28.2 Å². The average molecular weight is 388 g/mol. The van der Waals surface area contributed by atoms with Crippen molar-refractivity contribution in [1.29, 1.82) is 0 Å². The molecule has 0 heterocycles. The molecule has 0 aromatic heterocycles. The molecule has 0 aliphatic carbocycles. The normalized spacial score (nSPS) is 14.8. The number of hydrogen-bond donors (Lipinski definition) is 1. The maximum Gasteiger partial charge on any atom is 0.573 e. The zero-order valence-electron chi connectivity index (χ0n) is 11.7. The van der Waals surface area contributed by atoms with E-state index in [1.54, 1.807) is 18.4 Å². The Balaban J connectivity index is 2.47. The summed E-state index contributed by atoms with van der Waals surface area (Å²) in [4.78, 5) is 0. The Morgan fingerprint density at radius 1 is 1.43 bits per heavy atom. The van der Waals surface area contributed by atoms with Gasteiger partial charge in [-0.05, 0) is 46.6 Å². The first-order chi connectivity index (χ1) is 9.69. The van der Waals surface area contributed by atoms with Crippen molar-refractivity contribution < 1.29 is 22.1 Å². The lowest BCUT2D eigenvalue weighted by molar-refractivity contribution is -0.274. The Kier molecular flexibility index (Phi) is 7.15. The van der Waals surface area contributed by atoms with Gasteiger partial charge in [0.05, 0.1) is 4.47 Å². The van der Waals surface area contributed by atoms with Crippen LogP contribution in [0.25, 0.3) is 0 Å². The van der Waals surface area contributed by atoms with E-state index >= 15 is 0 Å². The maximum absolute atomic E-state index is 12.1. The van der Waals surface area contributed by atoms with E-state index in [2.05, 4.69) is 26.0 Å². The Bertz CT molecular complexity index is 497. The van der Waals surface area contributed by atoms with E-state index in [4.69, 9.17) is 0 Å². The fourth-order valence-corrected chi connectivity index (χ4v) is 2.52. The van der Waals surface area contributed by atoms with Gasteiger partial charge in [-0.15, -0.1) is 13.2 Å². The van der Waals surface area contributed by atoms with Gasteiger partial charge in [0.1, 0.15) is 5.75 Å². The van der Waals surface area contributed by atoms with Gasteiger partial charge in [0.15, 0.2) is 0 Å². The summed E-state index contributed by atoms with van der Waals surface area (Å²) in [6.45, 7) is 3.13. The van der Waals surface area contributed by atoms with Crippen LogP contribution in [0.1, 0.15) is 18.9 Å². The highest BCUT2D eigenvalue weighted by atomic mass is 79.9. The molecule has 0 spiro atoms. The number of halogens is 4. The molecule has 0 fully saturated rings. The number of alkyl halides is 3. The molecule has 2 atom stereocenters. The third-order valence-corrected chi connectivity index (χ3v) is 4.83. The summed E-state index contributed by atoms with van der Waals surface area (Å²) >= 11 is 3.06. The van der Waals surface area contributed by atoms with Gasteiger partial charge in [-0.1, -0.05) is 13.0 Å². The van der Waals surface area contributed by atoms with E-state index < -0.39 is 17.2 Å². The molecule has 8 heteroatoms. The molecule has 2 unspecified atom stereocenters. The van der Waals surface area contributed by atoms with E-state index in [-0.39, 0.29) is 15.5 Å². The van der Waals surface area contributed by atoms with Crippen LogP contribution in [0, 0.1) is 0 Å². The fourth-order valence-electron chi connectivity index (χ4n) is 1.57. The molecule has 0 saturated heterocycles. The van der Waals surface area contributed by atoms with Crippen LogP contribution >= 0.6 is 15.9 Å². The third kappa shape index (κ3) is 7.28. The predicted molar refractivity (Wildman–Crippen MR) is 80.7 cm³/mol. The summed E-state index contributed by atoms with van der Waals surface area (Å²) in [6, 6.07) is 4.42. The summed E-state index contributed by atoms with van der Waals surface area (Å²) in [6.07, 6.45) is -2.26. The quantitative estimate of drug-likeness (QED) is 0.726. The molecule has 0 radical (unpaired) electrons. The molecule has 120 valence electrons. The Labute approximate surface area is 132 Å². The van der Waals surface area contributed by atoms with Gasteiger partial charge in [-0.3, -0.25) is 4.21 Å². The number of ether oxygens (including phenoxy) is 1. The van der Waals surface area contributed by atoms with Crippen molar-refractivity contribution in [1.82, 2.24) is 5.32 Å². The molecule has 0 aliphatic heterocycles. The van der Waals surface area contributed by atoms with E-state index in [0.717, 1.165) is 12.0 Å². The van der Waals surface area contributed by atoms with Crippen molar-refractivity contribution in [3.8, 4) is 5.75 Å². The highest BCUT2D eigenvalue weighted by Gasteiger charge is 2.31. The summed E-state index contributed by atoms with van der Waals surface area (Å²) in [5, 5.41) is 3.28. The van der Waals surface area contributed by atoms with Crippen LogP contribution in [0.3, 0.4) is 0 Å². The second-order valence-electron chi connectivity index (χ2n) is 4.59. The van der Waals surface area contributed by atoms with Crippen LogP contribution in [0.4, 0.5) is 13.2 Å². The molecule has 21 heavy (non-hydrogen) atoms. The highest BCUT2D eigenvalue weighted by Crippen LogP contribution is 2.30. The van der Waals surface area contributed by atoms with Crippen LogP contribution in [0.5, 0.6) is 5.75 Å². The van der Waals surface area contributed by atoms with Crippen molar-refractivity contribution in [2.45, 2.75) is 31.5 Å². The van der Waals surface area contributed by atoms with Gasteiger partial charge in [0.2, 0.25) is 0 Å². The smallest absolute Gasteiger partial charge is 0.405 e. The zero-order chi connectivity index (χ0) is 16.0. The lowest BCUT2D eigenvalue weighted by Gasteiger charge is -2.12. The molecule has 3 nitrogen and oxygen atoms in total. The number of nitrogens with one attached hydrogen (secondary N) is 1. The minimum atomic E-state index is -4.70. The van der Waals surface area contributed by atoms with E-state index in [0.29, 0.717) is 13.1 Å². The van der Waals surface area contributed by atoms with E-state index in [1.807, 2.05) is 6.92 Å². The van der Waals surface area contributed by atoms with E-state index in [9.17, 15) is 17.4 Å². The third-order valence-electron chi connectivity index (χ3n) is 2.85. The minimum absolute atomic E-state index is 0.117. The Morgan fingerprint density at radius 2 is 2.10 bits per heavy atom. The second-order valence-corrected chi connectivity index (χ2v) is 7.24. The lowest BCUT2D eigenvalue weighted by Crippen LogP contribution is -2.21. The second kappa shape index (κ2) is 8.14. The molecule has 1 aromatic rings. The van der Waals surface area contributed by atoms with Gasteiger partial charge >= 0.3 is 6.36 Å². The molecular formula is C13H17BrF3NO2S. The lowest BCUT2D eigenvalue weighted by atomic mass is 10.2. The Morgan fingerprint density at radius 3 is 2.62 bits per heavy atom. The van der Waals surface area contributed by atoms with Gasteiger partial charge in [-0.2, -0.15) is 0 Å². The molecule has 0 amide bonds. The van der Waals surface area contributed by atoms with Gasteiger partial charge < -0.3 is 10.1 Å². The van der Waals surface area contributed by atoms with Gasteiger partial charge in [0, 0.05) is 28.9 Å². The standard InChI is InChI=1S/C13H17BrF3NO2S/c1-9(21(2)19)5-6-18-8-10-3-4-12(11(14)7-10)20-13(15,16)17/h3-4,7,9,18H,5-6,8H2,1-2H3. The summed E-state index contributed by atoms with van der Waals surface area (Å²) in [5.41, 5.74) is 0.835. The molecule has 1 rings (SSSR count). The Hall–Kier alpha value is -0.600. The van der Waals surface area contributed by atoms with Crippen LogP contribution < -0.4 is 10.1 Å². The average Bonchev–Trinajstić information content (AvgIpc) is 2.36. The summed E-state index contributed by atoms with van der Waals surface area (Å²) < 4.78 is 51.7. The molecule has 1 aromatic carbocycles. The number of rotatable bonds is 7. The molecular weight excluding hydrogens is 371 g/mol. The van der Waals surface area contributed by atoms with E-state index in [1.165, 1.54) is 6.07 Å². The first kappa shape index (κ1) is 18.4. The monoisotopic (exact) mass is 387 g/mol. The molecule has 0 aliphatic rings. The fraction of sp³-hybridized carbons (Fsp3) is 0.538. The van der Waals surface area contributed by atoms with Crippen molar-refractivity contribution in [2.24, 2.45) is 0 Å². The molecule has 0 bridgehead atoms. The molecule has 0 saturated carbocycles. The summed E-state index contributed by atoms with van der Waals surface area (Å²) in [7, 11) is -0.845. The van der Waals surface area contributed by atoms with Crippen LogP contribution in [-0.4, -0.2) is 28.6 Å². The summed E-state index contributed by atoms with van der Waals surface area (Å²) in [5.74, 6) is -0.263. The van der Waals surface area contributed by atoms with Crippen molar-refractivity contribution >= 4 is 26.7 Å².